The standard InChI is InChI=1S/C27H30FN3O4S/c1-4-25(27(33)29-3)30(18-21-12-14-22(28)15-13-21)26(32)19-31(23-8-6-5-7-9-23)36(34,35)24-16-10-20(2)11-17-24/h5-17,25H,4,18-19H2,1-3H3,(H,29,33). The highest BCUT2D eigenvalue weighted by molar-refractivity contribution is 7.92. The molecule has 1 unspecified atom stereocenters. The zero-order valence-electron chi connectivity index (χ0n) is 20.5. The molecule has 190 valence electrons. The predicted molar refractivity (Wildman–Crippen MR) is 137 cm³/mol. The molecule has 0 radical (unpaired) electrons. The van der Waals surface area contributed by atoms with Crippen molar-refractivity contribution in [2.45, 2.75) is 37.8 Å². The predicted octanol–water partition coefficient (Wildman–Crippen LogP) is 3.88. The molecular formula is C27H30FN3O4S. The fourth-order valence-electron chi connectivity index (χ4n) is 3.83. The Morgan fingerprint density at radius 2 is 1.56 bits per heavy atom. The summed E-state index contributed by atoms with van der Waals surface area (Å²) >= 11 is 0. The summed E-state index contributed by atoms with van der Waals surface area (Å²) in [5.41, 5.74) is 1.83. The van der Waals surface area contributed by atoms with Crippen LogP contribution in [0.15, 0.2) is 83.8 Å². The van der Waals surface area contributed by atoms with Crippen molar-refractivity contribution in [1.82, 2.24) is 10.2 Å². The van der Waals surface area contributed by atoms with Gasteiger partial charge in [-0.3, -0.25) is 13.9 Å². The summed E-state index contributed by atoms with van der Waals surface area (Å²) in [5, 5.41) is 2.57. The molecule has 0 aliphatic carbocycles. The van der Waals surface area contributed by atoms with Gasteiger partial charge >= 0.3 is 0 Å². The van der Waals surface area contributed by atoms with Gasteiger partial charge in [-0.1, -0.05) is 55.0 Å². The van der Waals surface area contributed by atoms with Gasteiger partial charge in [-0.2, -0.15) is 0 Å². The highest BCUT2D eigenvalue weighted by atomic mass is 32.2. The number of hydrogen-bond donors (Lipinski definition) is 1. The second kappa shape index (κ2) is 11.8. The topological polar surface area (TPSA) is 86.8 Å². The van der Waals surface area contributed by atoms with E-state index in [1.165, 1.54) is 48.3 Å². The molecule has 3 aromatic carbocycles. The lowest BCUT2D eigenvalue weighted by Crippen LogP contribution is -2.51. The van der Waals surface area contributed by atoms with Crippen molar-refractivity contribution in [2.75, 3.05) is 17.9 Å². The first-order valence-corrected chi connectivity index (χ1v) is 13.0. The number of halogens is 1. The molecule has 0 heterocycles. The first-order chi connectivity index (χ1) is 17.2. The number of nitrogens with one attached hydrogen (secondary N) is 1. The fraction of sp³-hybridized carbons (Fsp3) is 0.259. The number of carbonyl (C=O) groups excluding carboxylic acids is 2. The summed E-state index contributed by atoms with van der Waals surface area (Å²) < 4.78 is 41.8. The molecule has 0 fully saturated rings. The monoisotopic (exact) mass is 511 g/mol. The van der Waals surface area contributed by atoms with Gasteiger partial charge in [0.05, 0.1) is 10.6 Å². The van der Waals surface area contributed by atoms with E-state index in [1.54, 1.807) is 49.4 Å². The maximum absolute atomic E-state index is 13.7. The van der Waals surface area contributed by atoms with Crippen molar-refractivity contribution in [1.29, 1.82) is 0 Å². The summed E-state index contributed by atoms with van der Waals surface area (Å²) in [7, 11) is -2.62. The quantitative estimate of drug-likeness (QED) is 0.448. The molecule has 2 amide bonds. The molecule has 0 aliphatic rings. The first kappa shape index (κ1) is 26.9. The number of aryl methyl sites for hydroxylation is 1. The normalized spacial score (nSPS) is 12.0. The minimum absolute atomic E-state index is 0.0122. The third kappa shape index (κ3) is 6.28. The minimum atomic E-state index is -4.10. The fourth-order valence-corrected chi connectivity index (χ4v) is 5.25. The van der Waals surface area contributed by atoms with Gasteiger partial charge in [0.15, 0.2) is 0 Å². The van der Waals surface area contributed by atoms with Crippen molar-refractivity contribution in [3.05, 3.63) is 95.8 Å². The van der Waals surface area contributed by atoms with Gasteiger partial charge in [-0.25, -0.2) is 12.8 Å². The Hall–Kier alpha value is -3.72. The summed E-state index contributed by atoms with van der Waals surface area (Å²) in [4.78, 5) is 27.7. The van der Waals surface area contributed by atoms with E-state index in [9.17, 15) is 22.4 Å². The van der Waals surface area contributed by atoms with Crippen LogP contribution in [0.4, 0.5) is 10.1 Å². The number of sulfonamides is 1. The maximum Gasteiger partial charge on any atom is 0.264 e. The van der Waals surface area contributed by atoms with Crippen molar-refractivity contribution in [3.63, 3.8) is 0 Å². The maximum atomic E-state index is 13.7. The van der Waals surface area contributed by atoms with Crippen LogP contribution in [0.25, 0.3) is 0 Å². The van der Waals surface area contributed by atoms with Gasteiger partial charge < -0.3 is 10.2 Å². The SMILES string of the molecule is CCC(C(=O)NC)N(Cc1ccc(F)cc1)C(=O)CN(c1ccccc1)S(=O)(=O)c1ccc(C)cc1. The Morgan fingerprint density at radius 3 is 2.11 bits per heavy atom. The molecule has 0 saturated heterocycles. The van der Waals surface area contributed by atoms with Crippen LogP contribution >= 0.6 is 0 Å². The van der Waals surface area contributed by atoms with Crippen LogP contribution in [-0.4, -0.2) is 44.8 Å². The van der Waals surface area contributed by atoms with Gasteiger partial charge in [0.1, 0.15) is 18.4 Å². The third-order valence-electron chi connectivity index (χ3n) is 5.83. The number of carbonyl (C=O) groups is 2. The van der Waals surface area contributed by atoms with E-state index in [2.05, 4.69) is 5.32 Å². The van der Waals surface area contributed by atoms with Gasteiger partial charge in [0.25, 0.3) is 10.0 Å². The van der Waals surface area contributed by atoms with Crippen LogP contribution in [0.3, 0.4) is 0 Å². The third-order valence-corrected chi connectivity index (χ3v) is 7.62. The molecule has 0 spiro atoms. The van der Waals surface area contributed by atoms with Crippen molar-refractivity contribution >= 4 is 27.5 Å². The van der Waals surface area contributed by atoms with Crippen LogP contribution < -0.4 is 9.62 Å². The van der Waals surface area contributed by atoms with E-state index in [4.69, 9.17) is 0 Å². The molecule has 1 atom stereocenters. The smallest absolute Gasteiger partial charge is 0.264 e. The number of rotatable bonds is 10. The summed E-state index contributed by atoms with van der Waals surface area (Å²) in [6, 6.07) is 19.5. The van der Waals surface area contributed by atoms with Crippen LogP contribution in [-0.2, 0) is 26.2 Å². The number of likely N-dealkylation sites (N-methyl/N-ethyl adjacent to an activating group) is 1. The van der Waals surface area contributed by atoms with E-state index < -0.39 is 34.3 Å². The molecule has 3 rings (SSSR count). The Bertz CT molecular complexity index is 1280. The molecular weight excluding hydrogens is 481 g/mol. The molecule has 36 heavy (non-hydrogen) atoms. The first-order valence-electron chi connectivity index (χ1n) is 11.6. The Balaban J connectivity index is 2.02. The lowest BCUT2D eigenvalue weighted by atomic mass is 10.1. The van der Waals surface area contributed by atoms with E-state index in [0.29, 0.717) is 17.7 Å². The zero-order chi connectivity index (χ0) is 26.3. The second-order valence-corrected chi connectivity index (χ2v) is 10.2. The van der Waals surface area contributed by atoms with Crippen molar-refractivity contribution in [2.24, 2.45) is 0 Å². The lowest BCUT2D eigenvalue weighted by Gasteiger charge is -2.33. The van der Waals surface area contributed by atoms with E-state index in [1.807, 2.05) is 6.92 Å². The zero-order valence-corrected chi connectivity index (χ0v) is 21.3. The number of benzene rings is 3. The molecule has 1 N–H and O–H groups in total. The summed E-state index contributed by atoms with van der Waals surface area (Å²) in [5.74, 6) is -1.36. The number of para-hydroxylation sites is 1. The number of amides is 2. The van der Waals surface area contributed by atoms with Gasteiger partial charge in [-0.15, -0.1) is 0 Å². The Kier molecular flexibility index (Phi) is 8.82. The van der Waals surface area contributed by atoms with E-state index in [-0.39, 0.29) is 17.3 Å². The molecule has 7 nitrogen and oxygen atoms in total. The van der Waals surface area contributed by atoms with Crippen molar-refractivity contribution < 1.29 is 22.4 Å². The van der Waals surface area contributed by atoms with Gasteiger partial charge in [-0.05, 0) is 55.3 Å². The second-order valence-electron chi connectivity index (χ2n) is 8.35. The minimum Gasteiger partial charge on any atom is -0.357 e. The number of anilines is 1. The highest BCUT2D eigenvalue weighted by Crippen LogP contribution is 2.25. The number of nitrogens with zero attached hydrogens (tertiary/aromatic N) is 2. The Morgan fingerprint density at radius 1 is 0.944 bits per heavy atom. The molecule has 9 heteroatoms. The molecule has 0 aromatic heterocycles. The van der Waals surface area contributed by atoms with Crippen LogP contribution in [0, 0.1) is 12.7 Å². The largest absolute Gasteiger partial charge is 0.357 e. The average molecular weight is 512 g/mol. The van der Waals surface area contributed by atoms with Gasteiger partial charge in [0, 0.05) is 13.6 Å². The number of hydrogen-bond acceptors (Lipinski definition) is 4. The van der Waals surface area contributed by atoms with Crippen molar-refractivity contribution in [3.8, 4) is 0 Å². The van der Waals surface area contributed by atoms with E-state index in [0.717, 1.165) is 9.87 Å². The van der Waals surface area contributed by atoms with Crippen LogP contribution in [0.5, 0.6) is 0 Å². The van der Waals surface area contributed by atoms with Crippen LogP contribution in [0.1, 0.15) is 24.5 Å². The lowest BCUT2D eigenvalue weighted by molar-refractivity contribution is -0.140. The van der Waals surface area contributed by atoms with E-state index >= 15 is 0 Å². The molecule has 0 aliphatic heterocycles. The molecule has 0 bridgehead atoms. The average Bonchev–Trinajstić information content (AvgIpc) is 2.88. The van der Waals surface area contributed by atoms with Gasteiger partial charge in [0.2, 0.25) is 11.8 Å². The summed E-state index contributed by atoms with van der Waals surface area (Å²) in [6.07, 6.45) is 0.308. The van der Waals surface area contributed by atoms with Crippen LogP contribution in [0.2, 0.25) is 0 Å². The Labute approximate surface area is 211 Å². The molecule has 0 saturated carbocycles. The highest BCUT2D eigenvalue weighted by Gasteiger charge is 2.33. The summed E-state index contributed by atoms with van der Waals surface area (Å²) in [6.45, 7) is 3.11. The molecule has 3 aromatic rings.